The normalized spacial score (nSPS) is 10.4. The van der Waals surface area contributed by atoms with Crippen molar-refractivity contribution in [2.24, 2.45) is 5.92 Å². The molecule has 0 aliphatic carbocycles. The number of nitrogens with one attached hydrogen (secondary N) is 2. The summed E-state index contributed by atoms with van der Waals surface area (Å²) in [5.41, 5.74) is 0.756. The van der Waals surface area contributed by atoms with Crippen LogP contribution in [0.4, 0.5) is 11.5 Å². The number of hydrogen-bond acceptors (Lipinski definition) is 3. The summed E-state index contributed by atoms with van der Waals surface area (Å²) in [6, 6.07) is 3.73. The lowest BCUT2D eigenvalue weighted by Crippen LogP contribution is -2.11. The molecule has 1 aromatic rings. The number of amides is 1. The first-order valence-corrected chi connectivity index (χ1v) is 6.61. The standard InChI is InChI=1S/C14H23N3O/c1-4-15-13-9-8-12(10-16-13)17-14(18)7-5-6-11(2)3/h8-11H,4-7H2,1-3H3,(H,15,16)(H,17,18). The first kappa shape index (κ1) is 14.5. The third-order valence-electron chi connectivity index (χ3n) is 2.59. The van der Waals surface area contributed by atoms with E-state index in [1.54, 1.807) is 6.20 Å². The molecule has 0 fully saturated rings. The van der Waals surface area contributed by atoms with Crippen LogP contribution >= 0.6 is 0 Å². The van der Waals surface area contributed by atoms with Gasteiger partial charge in [-0.25, -0.2) is 4.98 Å². The monoisotopic (exact) mass is 249 g/mol. The van der Waals surface area contributed by atoms with Crippen molar-refractivity contribution in [3.8, 4) is 0 Å². The number of carbonyl (C=O) groups is 1. The van der Waals surface area contributed by atoms with Crippen molar-refractivity contribution in [3.05, 3.63) is 18.3 Å². The number of hydrogen-bond donors (Lipinski definition) is 2. The van der Waals surface area contributed by atoms with E-state index in [2.05, 4.69) is 29.5 Å². The molecule has 0 saturated heterocycles. The largest absolute Gasteiger partial charge is 0.370 e. The van der Waals surface area contributed by atoms with Gasteiger partial charge in [0.25, 0.3) is 0 Å². The van der Waals surface area contributed by atoms with Crippen LogP contribution in [-0.2, 0) is 4.79 Å². The van der Waals surface area contributed by atoms with Gasteiger partial charge in [0.2, 0.25) is 5.91 Å². The Morgan fingerprint density at radius 1 is 1.39 bits per heavy atom. The minimum Gasteiger partial charge on any atom is -0.370 e. The molecule has 18 heavy (non-hydrogen) atoms. The highest BCUT2D eigenvalue weighted by Crippen LogP contribution is 2.11. The topological polar surface area (TPSA) is 54.0 Å². The van der Waals surface area contributed by atoms with Gasteiger partial charge < -0.3 is 10.6 Å². The van der Waals surface area contributed by atoms with Gasteiger partial charge in [-0.2, -0.15) is 0 Å². The molecule has 1 rings (SSSR count). The van der Waals surface area contributed by atoms with Gasteiger partial charge in [-0.15, -0.1) is 0 Å². The van der Waals surface area contributed by atoms with Crippen LogP contribution < -0.4 is 10.6 Å². The second-order valence-corrected chi connectivity index (χ2v) is 4.80. The van der Waals surface area contributed by atoms with Crippen molar-refractivity contribution < 1.29 is 4.79 Å². The van der Waals surface area contributed by atoms with E-state index < -0.39 is 0 Å². The summed E-state index contributed by atoms with van der Waals surface area (Å²) in [7, 11) is 0. The molecule has 1 aromatic heterocycles. The summed E-state index contributed by atoms with van der Waals surface area (Å²) in [6.45, 7) is 7.20. The van der Waals surface area contributed by atoms with E-state index in [0.717, 1.165) is 30.9 Å². The summed E-state index contributed by atoms with van der Waals surface area (Å²) in [4.78, 5) is 15.9. The van der Waals surface area contributed by atoms with Crippen LogP contribution in [0.15, 0.2) is 18.3 Å². The number of pyridine rings is 1. The van der Waals surface area contributed by atoms with Crippen molar-refractivity contribution >= 4 is 17.4 Å². The molecule has 0 saturated carbocycles. The maximum atomic E-state index is 11.7. The molecule has 100 valence electrons. The fourth-order valence-electron chi connectivity index (χ4n) is 1.65. The smallest absolute Gasteiger partial charge is 0.224 e. The van der Waals surface area contributed by atoms with Crippen molar-refractivity contribution in [1.82, 2.24) is 4.98 Å². The Morgan fingerprint density at radius 2 is 2.17 bits per heavy atom. The molecule has 0 aliphatic rings. The molecule has 0 atom stereocenters. The molecule has 0 aromatic carbocycles. The molecule has 4 heteroatoms. The second-order valence-electron chi connectivity index (χ2n) is 4.80. The van der Waals surface area contributed by atoms with Gasteiger partial charge in [0.05, 0.1) is 11.9 Å². The van der Waals surface area contributed by atoms with Crippen molar-refractivity contribution in [1.29, 1.82) is 0 Å². The average molecular weight is 249 g/mol. The lowest BCUT2D eigenvalue weighted by atomic mass is 10.1. The van der Waals surface area contributed by atoms with Crippen molar-refractivity contribution in [2.45, 2.75) is 40.0 Å². The first-order valence-electron chi connectivity index (χ1n) is 6.61. The highest BCUT2D eigenvalue weighted by atomic mass is 16.1. The zero-order chi connectivity index (χ0) is 13.4. The lowest BCUT2D eigenvalue weighted by Gasteiger charge is -2.07. The maximum absolute atomic E-state index is 11.7. The molecule has 0 unspecified atom stereocenters. The van der Waals surface area contributed by atoms with Crippen molar-refractivity contribution in [3.63, 3.8) is 0 Å². The third-order valence-corrected chi connectivity index (χ3v) is 2.59. The van der Waals surface area contributed by atoms with Crippen molar-refractivity contribution in [2.75, 3.05) is 17.2 Å². The van der Waals surface area contributed by atoms with Crippen LogP contribution in [0.5, 0.6) is 0 Å². The highest BCUT2D eigenvalue weighted by molar-refractivity contribution is 5.90. The summed E-state index contributed by atoms with van der Waals surface area (Å²) in [6.07, 6.45) is 4.28. The Bertz CT molecular complexity index is 360. The minimum atomic E-state index is 0.0636. The van der Waals surface area contributed by atoms with Gasteiger partial charge >= 0.3 is 0 Å². The molecule has 1 amide bonds. The number of aromatic nitrogens is 1. The Morgan fingerprint density at radius 3 is 2.72 bits per heavy atom. The van der Waals surface area contributed by atoms with E-state index in [9.17, 15) is 4.79 Å². The van der Waals surface area contributed by atoms with E-state index in [4.69, 9.17) is 0 Å². The quantitative estimate of drug-likeness (QED) is 0.779. The summed E-state index contributed by atoms with van der Waals surface area (Å²) in [5.74, 6) is 1.54. The number of rotatable bonds is 7. The Kier molecular flexibility index (Phi) is 6.19. The molecular weight excluding hydrogens is 226 g/mol. The van der Waals surface area contributed by atoms with E-state index >= 15 is 0 Å². The van der Waals surface area contributed by atoms with E-state index in [0.29, 0.717) is 12.3 Å². The SMILES string of the molecule is CCNc1ccc(NC(=O)CCCC(C)C)cn1. The Labute approximate surface area is 109 Å². The predicted octanol–water partition coefficient (Wildman–Crippen LogP) is 3.28. The summed E-state index contributed by atoms with van der Waals surface area (Å²) < 4.78 is 0. The highest BCUT2D eigenvalue weighted by Gasteiger charge is 2.03. The number of carbonyl (C=O) groups excluding carboxylic acids is 1. The van der Waals surface area contributed by atoms with Crippen LogP contribution in [-0.4, -0.2) is 17.4 Å². The van der Waals surface area contributed by atoms with Crippen LogP contribution in [0.1, 0.15) is 40.0 Å². The van der Waals surface area contributed by atoms with E-state index in [-0.39, 0.29) is 5.91 Å². The lowest BCUT2D eigenvalue weighted by molar-refractivity contribution is -0.116. The van der Waals surface area contributed by atoms with Gasteiger partial charge in [-0.05, 0) is 31.4 Å². The molecular formula is C14H23N3O. The molecule has 0 spiro atoms. The summed E-state index contributed by atoms with van der Waals surface area (Å²) in [5, 5.41) is 5.97. The Hall–Kier alpha value is -1.58. The van der Waals surface area contributed by atoms with Gasteiger partial charge in [-0.3, -0.25) is 4.79 Å². The molecule has 0 aliphatic heterocycles. The molecule has 4 nitrogen and oxygen atoms in total. The number of anilines is 2. The second kappa shape index (κ2) is 7.69. The number of nitrogens with zero attached hydrogens (tertiary/aromatic N) is 1. The maximum Gasteiger partial charge on any atom is 0.224 e. The zero-order valence-electron chi connectivity index (χ0n) is 11.5. The summed E-state index contributed by atoms with van der Waals surface area (Å²) >= 11 is 0. The van der Waals surface area contributed by atoms with Gasteiger partial charge in [0.1, 0.15) is 5.82 Å². The van der Waals surface area contributed by atoms with Gasteiger partial charge in [0.15, 0.2) is 0 Å². The zero-order valence-corrected chi connectivity index (χ0v) is 11.5. The van der Waals surface area contributed by atoms with Crippen LogP contribution in [0.2, 0.25) is 0 Å². The van der Waals surface area contributed by atoms with Gasteiger partial charge in [-0.1, -0.05) is 20.3 Å². The molecule has 0 bridgehead atoms. The van der Waals surface area contributed by atoms with E-state index in [1.165, 1.54) is 0 Å². The molecule has 1 heterocycles. The third kappa shape index (κ3) is 5.66. The van der Waals surface area contributed by atoms with Gasteiger partial charge in [0, 0.05) is 13.0 Å². The van der Waals surface area contributed by atoms with Crippen LogP contribution in [0, 0.1) is 5.92 Å². The van der Waals surface area contributed by atoms with E-state index in [1.807, 2.05) is 19.1 Å². The molecule has 0 radical (unpaired) electrons. The Balaban J connectivity index is 2.35. The molecule has 2 N–H and O–H groups in total. The minimum absolute atomic E-state index is 0.0636. The predicted molar refractivity (Wildman–Crippen MR) is 75.7 cm³/mol. The van der Waals surface area contributed by atoms with Crippen LogP contribution in [0.25, 0.3) is 0 Å². The fourth-order valence-corrected chi connectivity index (χ4v) is 1.65. The average Bonchev–Trinajstić information content (AvgIpc) is 2.31. The van der Waals surface area contributed by atoms with Crippen LogP contribution in [0.3, 0.4) is 0 Å². The first-order chi connectivity index (χ1) is 8.61. The fraction of sp³-hybridized carbons (Fsp3) is 0.571.